The topological polar surface area (TPSA) is 29.9 Å². The van der Waals surface area contributed by atoms with E-state index in [9.17, 15) is 0 Å². The van der Waals surface area contributed by atoms with Crippen LogP contribution in [0.3, 0.4) is 0 Å². The van der Waals surface area contributed by atoms with Crippen molar-refractivity contribution in [2.45, 2.75) is 59.0 Å². The summed E-state index contributed by atoms with van der Waals surface area (Å²) in [5.74, 6) is 1.75. The fourth-order valence-electron chi connectivity index (χ4n) is 1.96. The van der Waals surface area contributed by atoms with Crippen LogP contribution in [0.1, 0.15) is 51.8 Å². The number of anilines is 1. The molecule has 0 aromatic carbocycles. The monoisotopic (exact) mass is 221 g/mol. The number of nitrogens with one attached hydrogen (secondary N) is 1. The average Bonchev–Trinajstić information content (AvgIpc) is 2.99. The summed E-state index contributed by atoms with van der Waals surface area (Å²) < 4.78 is 2.31. The molecule has 0 radical (unpaired) electrons. The molecule has 1 aromatic rings. The minimum Gasteiger partial charge on any atom is -0.353 e. The van der Waals surface area contributed by atoms with E-state index in [1.165, 1.54) is 19.3 Å². The van der Waals surface area contributed by atoms with Crippen LogP contribution in [0.5, 0.6) is 0 Å². The molecule has 0 saturated heterocycles. The Balaban J connectivity index is 2.16. The van der Waals surface area contributed by atoms with Crippen LogP contribution in [-0.2, 0) is 0 Å². The zero-order valence-electron chi connectivity index (χ0n) is 10.8. The van der Waals surface area contributed by atoms with E-state index in [4.69, 9.17) is 0 Å². The molecular weight excluding hydrogens is 198 g/mol. The van der Waals surface area contributed by atoms with Gasteiger partial charge in [0.1, 0.15) is 0 Å². The quantitative estimate of drug-likeness (QED) is 0.826. The first-order chi connectivity index (χ1) is 7.61. The van der Waals surface area contributed by atoms with E-state index in [-0.39, 0.29) is 0 Å². The van der Waals surface area contributed by atoms with Gasteiger partial charge in [-0.25, -0.2) is 4.98 Å². The van der Waals surface area contributed by atoms with Gasteiger partial charge in [0, 0.05) is 18.3 Å². The van der Waals surface area contributed by atoms with Crippen molar-refractivity contribution >= 4 is 5.95 Å². The smallest absolute Gasteiger partial charge is 0.203 e. The Morgan fingerprint density at radius 1 is 1.50 bits per heavy atom. The van der Waals surface area contributed by atoms with Gasteiger partial charge in [-0.15, -0.1) is 0 Å². The maximum absolute atomic E-state index is 4.58. The van der Waals surface area contributed by atoms with E-state index in [0.717, 1.165) is 11.6 Å². The molecule has 0 amide bonds. The Hall–Kier alpha value is -0.990. The van der Waals surface area contributed by atoms with Gasteiger partial charge < -0.3 is 9.88 Å². The molecule has 1 N–H and O–H groups in total. The molecule has 3 heteroatoms. The summed E-state index contributed by atoms with van der Waals surface area (Å²) in [6, 6.07) is 1.19. The second kappa shape index (κ2) is 4.48. The second-order valence-electron chi connectivity index (χ2n) is 5.16. The molecule has 3 nitrogen and oxygen atoms in total. The lowest BCUT2D eigenvalue weighted by molar-refractivity contribution is 0.373. The van der Waals surface area contributed by atoms with Crippen LogP contribution in [0.2, 0.25) is 0 Å². The zero-order chi connectivity index (χ0) is 11.7. The first-order valence-electron chi connectivity index (χ1n) is 6.43. The molecule has 2 unspecified atom stereocenters. The molecule has 1 aliphatic carbocycles. The number of nitrogens with zero attached hydrogens (tertiary/aromatic N) is 2. The van der Waals surface area contributed by atoms with Crippen molar-refractivity contribution in [2.75, 3.05) is 5.32 Å². The Bertz CT molecular complexity index is 352. The predicted molar refractivity (Wildman–Crippen MR) is 67.8 cm³/mol. The normalized spacial score (nSPS) is 19.5. The summed E-state index contributed by atoms with van der Waals surface area (Å²) in [4.78, 5) is 4.58. The van der Waals surface area contributed by atoms with E-state index >= 15 is 0 Å². The summed E-state index contributed by atoms with van der Waals surface area (Å²) in [6.07, 6.45) is 5.97. The van der Waals surface area contributed by atoms with E-state index in [2.05, 4.69) is 48.8 Å². The minimum atomic E-state index is 0.521. The van der Waals surface area contributed by atoms with Crippen molar-refractivity contribution in [2.24, 2.45) is 5.92 Å². The third-order valence-corrected chi connectivity index (χ3v) is 3.67. The van der Waals surface area contributed by atoms with Gasteiger partial charge in [-0.05, 0) is 32.6 Å². The van der Waals surface area contributed by atoms with Crippen molar-refractivity contribution < 1.29 is 0 Å². The molecule has 0 aliphatic heterocycles. The van der Waals surface area contributed by atoms with Crippen LogP contribution in [-0.4, -0.2) is 15.6 Å². The highest BCUT2D eigenvalue weighted by molar-refractivity contribution is 5.32. The van der Waals surface area contributed by atoms with Crippen molar-refractivity contribution in [1.82, 2.24) is 9.55 Å². The molecule has 90 valence electrons. The molecule has 1 fully saturated rings. The molecule has 0 spiro atoms. The fourth-order valence-corrected chi connectivity index (χ4v) is 1.96. The number of rotatable bonds is 5. The largest absolute Gasteiger partial charge is 0.353 e. The van der Waals surface area contributed by atoms with Crippen molar-refractivity contribution in [3.8, 4) is 0 Å². The maximum Gasteiger partial charge on any atom is 0.203 e. The summed E-state index contributed by atoms with van der Waals surface area (Å²) >= 11 is 0. The van der Waals surface area contributed by atoms with Crippen LogP contribution in [0.25, 0.3) is 0 Å². The molecule has 1 aromatic heterocycles. The lowest BCUT2D eigenvalue weighted by Gasteiger charge is -2.22. The van der Waals surface area contributed by atoms with Gasteiger partial charge in [-0.3, -0.25) is 0 Å². The molecular formula is C13H23N3. The van der Waals surface area contributed by atoms with Crippen LogP contribution >= 0.6 is 0 Å². The van der Waals surface area contributed by atoms with E-state index in [1.807, 2.05) is 0 Å². The molecule has 1 heterocycles. The van der Waals surface area contributed by atoms with E-state index < -0.39 is 0 Å². The highest BCUT2D eigenvalue weighted by Crippen LogP contribution is 2.28. The standard InChI is InChI=1S/C13H23N3/c1-5-9(2)11(4)16-8-10(3)14-13(16)15-12-6-7-12/h8-9,11-12H,5-7H2,1-4H3,(H,14,15). The molecule has 1 aliphatic rings. The van der Waals surface area contributed by atoms with Gasteiger partial charge in [-0.1, -0.05) is 20.3 Å². The van der Waals surface area contributed by atoms with E-state index in [0.29, 0.717) is 18.0 Å². The molecule has 16 heavy (non-hydrogen) atoms. The number of aromatic nitrogens is 2. The summed E-state index contributed by atoms with van der Waals surface area (Å²) in [5.41, 5.74) is 1.11. The van der Waals surface area contributed by atoms with Gasteiger partial charge >= 0.3 is 0 Å². The van der Waals surface area contributed by atoms with Gasteiger partial charge in [0.2, 0.25) is 5.95 Å². The number of aryl methyl sites for hydroxylation is 1. The number of hydrogen-bond donors (Lipinski definition) is 1. The third-order valence-electron chi connectivity index (χ3n) is 3.67. The lowest BCUT2D eigenvalue weighted by Crippen LogP contribution is -2.16. The van der Waals surface area contributed by atoms with Gasteiger partial charge in [0.05, 0.1) is 5.69 Å². The molecule has 2 rings (SSSR count). The molecule has 0 bridgehead atoms. The van der Waals surface area contributed by atoms with Gasteiger partial charge in [0.25, 0.3) is 0 Å². The minimum absolute atomic E-state index is 0.521. The zero-order valence-corrected chi connectivity index (χ0v) is 10.8. The average molecular weight is 221 g/mol. The van der Waals surface area contributed by atoms with Crippen LogP contribution in [0.4, 0.5) is 5.95 Å². The van der Waals surface area contributed by atoms with Crippen LogP contribution in [0.15, 0.2) is 6.20 Å². The van der Waals surface area contributed by atoms with Crippen molar-refractivity contribution in [3.63, 3.8) is 0 Å². The Labute approximate surface area is 98.3 Å². The SMILES string of the molecule is CCC(C)C(C)n1cc(C)nc1NC1CC1. The van der Waals surface area contributed by atoms with Crippen molar-refractivity contribution in [1.29, 1.82) is 0 Å². The maximum atomic E-state index is 4.58. The van der Waals surface area contributed by atoms with Crippen LogP contribution < -0.4 is 5.32 Å². The van der Waals surface area contributed by atoms with Crippen LogP contribution in [0, 0.1) is 12.8 Å². The highest BCUT2D eigenvalue weighted by atomic mass is 15.2. The summed E-state index contributed by atoms with van der Waals surface area (Å²) in [6.45, 7) is 8.91. The molecule has 2 atom stereocenters. The number of hydrogen-bond acceptors (Lipinski definition) is 2. The Kier molecular flexibility index (Phi) is 3.22. The highest BCUT2D eigenvalue weighted by Gasteiger charge is 2.24. The second-order valence-corrected chi connectivity index (χ2v) is 5.16. The van der Waals surface area contributed by atoms with Gasteiger partial charge in [0.15, 0.2) is 0 Å². The Morgan fingerprint density at radius 2 is 2.19 bits per heavy atom. The third kappa shape index (κ3) is 2.39. The first kappa shape index (κ1) is 11.5. The lowest BCUT2D eigenvalue weighted by atomic mass is 10.0. The predicted octanol–water partition coefficient (Wildman–Crippen LogP) is 3.37. The number of imidazole rings is 1. The van der Waals surface area contributed by atoms with E-state index in [1.54, 1.807) is 0 Å². The summed E-state index contributed by atoms with van der Waals surface area (Å²) in [7, 11) is 0. The van der Waals surface area contributed by atoms with Gasteiger partial charge in [-0.2, -0.15) is 0 Å². The Morgan fingerprint density at radius 3 is 2.75 bits per heavy atom. The molecule has 1 saturated carbocycles. The fraction of sp³-hybridized carbons (Fsp3) is 0.769. The van der Waals surface area contributed by atoms with Crippen molar-refractivity contribution in [3.05, 3.63) is 11.9 Å². The first-order valence-corrected chi connectivity index (χ1v) is 6.43. The summed E-state index contributed by atoms with van der Waals surface area (Å²) in [5, 5.41) is 3.52.